The molecule has 0 spiro atoms. The lowest BCUT2D eigenvalue weighted by molar-refractivity contribution is 0.0748. The van der Waals surface area contributed by atoms with Gasteiger partial charge in [-0.2, -0.15) is 5.10 Å². The molecule has 0 saturated heterocycles. The third-order valence-corrected chi connectivity index (χ3v) is 4.72. The number of carbonyl (C=O) groups excluding carboxylic acids is 1. The van der Waals surface area contributed by atoms with Gasteiger partial charge in [0.25, 0.3) is 5.91 Å². The number of aromatic nitrogens is 2. The second-order valence-corrected chi connectivity index (χ2v) is 6.61. The normalized spacial score (nSPS) is 13.7. The number of H-pyrrole nitrogens is 1. The summed E-state index contributed by atoms with van der Waals surface area (Å²) >= 11 is 0. The van der Waals surface area contributed by atoms with Crippen molar-refractivity contribution in [2.24, 2.45) is 0 Å². The second kappa shape index (κ2) is 5.37. The number of benzene rings is 2. The molecule has 4 rings (SSSR count). The lowest BCUT2D eigenvalue weighted by Crippen LogP contribution is -2.25. The summed E-state index contributed by atoms with van der Waals surface area (Å²) in [6.07, 6.45) is 1.58. The smallest absolute Gasteiger partial charge is 0.258 e. The Bertz CT molecular complexity index is 918. The highest BCUT2D eigenvalue weighted by molar-refractivity contribution is 6.04. The third-order valence-electron chi connectivity index (χ3n) is 4.72. The number of hydrogen-bond acceptors (Lipinski definition) is 3. The Balaban J connectivity index is 1.77. The molecule has 0 bridgehead atoms. The van der Waals surface area contributed by atoms with Crippen molar-refractivity contribution in [2.75, 3.05) is 0 Å². The molecular weight excluding hydrogens is 302 g/mol. The van der Waals surface area contributed by atoms with E-state index in [0.717, 1.165) is 11.1 Å². The van der Waals surface area contributed by atoms with E-state index >= 15 is 0 Å². The first kappa shape index (κ1) is 14.8. The molecule has 3 aromatic rings. The summed E-state index contributed by atoms with van der Waals surface area (Å²) in [7, 11) is 0. The zero-order valence-corrected chi connectivity index (χ0v) is 13.7. The van der Waals surface area contributed by atoms with Crippen LogP contribution in [0.25, 0.3) is 10.9 Å². The molecule has 5 heteroatoms. The van der Waals surface area contributed by atoms with Gasteiger partial charge in [-0.25, -0.2) is 0 Å². The van der Waals surface area contributed by atoms with E-state index in [-0.39, 0.29) is 17.6 Å². The number of fused-ring (bicyclic) bond motifs is 2. The lowest BCUT2D eigenvalue weighted by atomic mass is 9.96. The Morgan fingerprint density at radius 1 is 1.25 bits per heavy atom. The number of amides is 1. The number of aromatic amines is 1. The quantitative estimate of drug-likeness (QED) is 0.758. The number of nitrogens with zero attached hydrogens (tertiary/aromatic N) is 2. The lowest BCUT2D eigenvalue weighted by Gasteiger charge is -2.18. The van der Waals surface area contributed by atoms with Gasteiger partial charge in [0.15, 0.2) is 0 Å². The van der Waals surface area contributed by atoms with Crippen molar-refractivity contribution >= 4 is 16.8 Å². The number of hydrogen-bond donors (Lipinski definition) is 2. The number of aromatic hydroxyl groups is 1. The molecule has 2 N–H and O–H groups in total. The summed E-state index contributed by atoms with van der Waals surface area (Å²) in [5.41, 5.74) is 4.46. The van der Waals surface area contributed by atoms with Gasteiger partial charge in [0.2, 0.25) is 0 Å². The van der Waals surface area contributed by atoms with E-state index in [0.29, 0.717) is 24.0 Å². The molecule has 0 radical (unpaired) electrons. The molecule has 2 aromatic carbocycles. The van der Waals surface area contributed by atoms with Crippen molar-refractivity contribution in [1.29, 1.82) is 0 Å². The van der Waals surface area contributed by atoms with Crippen LogP contribution < -0.4 is 0 Å². The van der Waals surface area contributed by atoms with Crippen LogP contribution in [-0.4, -0.2) is 26.1 Å². The predicted octanol–water partition coefficient (Wildman–Crippen LogP) is 3.55. The molecular formula is C19H19N3O2. The van der Waals surface area contributed by atoms with E-state index < -0.39 is 0 Å². The van der Waals surface area contributed by atoms with Crippen LogP contribution in [0.15, 0.2) is 36.5 Å². The number of carbonyl (C=O) groups is 1. The molecule has 0 unspecified atom stereocenters. The summed E-state index contributed by atoms with van der Waals surface area (Å²) in [6, 6.07) is 9.85. The third kappa shape index (κ3) is 2.16. The van der Waals surface area contributed by atoms with Gasteiger partial charge in [-0.3, -0.25) is 9.89 Å². The number of nitrogens with one attached hydrogen (secondary N) is 1. The summed E-state index contributed by atoms with van der Waals surface area (Å²) in [6.45, 7) is 5.28. The zero-order valence-electron chi connectivity index (χ0n) is 13.7. The molecule has 0 fully saturated rings. The van der Waals surface area contributed by atoms with Gasteiger partial charge in [-0.05, 0) is 28.7 Å². The maximum absolute atomic E-state index is 13.0. The molecule has 0 atom stereocenters. The van der Waals surface area contributed by atoms with Gasteiger partial charge >= 0.3 is 0 Å². The van der Waals surface area contributed by atoms with Gasteiger partial charge in [-0.15, -0.1) is 0 Å². The van der Waals surface area contributed by atoms with Crippen molar-refractivity contribution in [1.82, 2.24) is 15.1 Å². The fourth-order valence-corrected chi connectivity index (χ4v) is 3.39. The molecule has 0 saturated carbocycles. The predicted molar refractivity (Wildman–Crippen MR) is 91.9 cm³/mol. The standard InChI is InChI=1S/C19H19N3O2/c1-11(2)14-7-15(18(23)16-8-20-21-17(14)16)19(24)22-9-12-5-3-4-6-13(12)10-22/h3-8,11,23H,9-10H2,1-2H3,(H,20,21). The Hall–Kier alpha value is -2.82. The van der Waals surface area contributed by atoms with Crippen LogP contribution in [0.3, 0.4) is 0 Å². The van der Waals surface area contributed by atoms with Crippen LogP contribution in [0.2, 0.25) is 0 Å². The van der Waals surface area contributed by atoms with Crippen molar-refractivity contribution in [3.63, 3.8) is 0 Å². The molecule has 1 aromatic heterocycles. The number of phenols is 1. The minimum absolute atomic E-state index is 0.00380. The van der Waals surface area contributed by atoms with Crippen molar-refractivity contribution in [3.05, 3.63) is 58.8 Å². The first-order valence-corrected chi connectivity index (χ1v) is 8.11. The van der Waals surface area contributed by atoms with Crippen molar-refractivity contribution < 1.29 is 9.90 Å². The van der Waals surface area contributed by atoms with Gasteiger partial charge < -0.3 is 10.0 Å². The molecule has 2 heterocycles. The Labute approximate surface area is 139 Å². The molecule has 5 nitrogen and oxygen atoms in total. The van der Waals surface area contributed by atoms with Crippen LogP contribution in [0.4, 0.5) is 0 Å². The van der Waals surface area contributed by atoms with E-state index in [1.807, 2.05) is 24.3 Å². The van der Waals surface area contributed by atoms with Crippen LogP contribution in [-0.2, 0) is 13.1 Å². The molecule has 1 amide bonds. The highest BCUT2D eigenvalue weighted by Crippen LogP contribution is 2.35. The van der Waals surface area contributed by atoms with Gasteiger partial charge in [0.05, 0.1) is 22.7 Å². The van der Waals surface area contributed by atoms with E-state index in [1.54, 1.807) is 17.2 Å². The zero-order chi connectivity index (χ0) is 16.8. The minimum atomic E-state index is -0.145. The molecule has 0 aliphatic carbocycles. The number of phenolic OH excluding ortho intramolecular Hbond substituents is 1. The topological polar surface area (TPSA) is 69.2 Å². The summed E-state index contributed by atoms with van der Waals surface area (Å²) in [5.74, 6) is 0.0775. The second-order valence-electron chi connectivity index (χ2n) is 6.61. The monoisotopic (exact) mass is 321 g/mol. The maximum Gasteiger partial charge on any atom is 0.258 e. The van der Waals surface area contributed by atoms with Crippen LogP contribution in [0, 0.1) is 0 Å². The van der Waals surface area contributed by atoms with E-state index in [9.17, 15) is 9.90 Å². The highest BCUT2D eigenvalue weighted by atomic mass is 16.3. The van der Waals surface area contributed by atoms with Crippen LogP contribution >= 0.6 is 0 Å². The molecule has 1 aliphatic heterocycles. The first-order valence-electron chi connectivity index (χ1n) is 8.11. The Morgan fingerprint density at radius 3 is 2.54 bits per heavy atom. The van der Waals surface area contributed by atoms with E-state index in [2.05, 4.69) is 24.0 Å². The average Bonchev–Trinajstić information content (AvgIpc) is 3.21. The summed E-state index contributed by atoms with van der Waals surface area (Å²) in [5, 5.41) is 18.1. The molecule has 1 aliphatic rings. The molecule has 122 valence electrons. The number of rotatable bonds is 2. The van der Waals surface area contributed by atoms with Crippen LogP contribution in [0.1, 0.15) is 46.8 Å². The van der Waals surface area contributed by atoms with Crippen molar-refractivity contribution in [2.45, 2.75) is 32.9 Å². The SMILES string of the molecule is CC(C)c1cc(C(=O)N2Cc3ccccc3C2)c(O)c2cn[nH]c12. The highest BCUT2D eigenvalue weighted by Gasteiger charge is 2.27. The van der Waals surface area contributed by atoms with E-state index in [4.69, 9.17) is 0 Å². The van der Waals surface area contributed by atoms with Crippen LogP contribution in [0.5, 0.6) is 5.75 Å². The fraction of sp³-hybridized carbons (Fsp3) is 0.263. The Morgan fingerprint density at radius 2 is 1.92 bits per heavy atom. The maximum atomic E-state index is 13.0. The average molecular weight is 321 g/mol. The van der Waals surface area contributed by atoms with Gasteiger partial charge in [-0.1, -0.05) is 38.1 Å². The summed E-state index contributed by atoms with van der Waals surface area (Å²) in [4.78, 5) is 14.8. The minimum Gasteiger partial charge on any atom is -0.506 e. The molecule has 24 heavy (non-hydrogen) atoms. The largest absolute Gasteiger partial charge is 0.506 e. The summed E-state index contributed by atoms with van der Waals surface area (Å²) < 4.78 is 0. The van der Waals surface area contributed by atoms with Gasteiger partial charge in [0, 0.05) is 13.1 Å². The van der Waals surface area contributed by atoms with Crippen molar-refractivity contribution in [3.8, 4) is 5.75 Å². The first-order chi connectivity index (χ1) is 11.6. The van der Waals surface area contributed by atoms with Gasteiger partial charge in [0.1, 0.15) is 5.75 Å². The van der Waals surface area contributed by atoms with E-state index in [1.165, 1.54) is 11.1 Å². The Kier molecular flexibility index (Phi) is 3.30. The fourth-order valence-electron chi connectivity index (χ4n) is 3.39.